The Balaban J connectivity index is 2.25. The average Bonchev–Trinajstić information content (AvgIpc) is 2.83. The maximum absolute atomic E-state index is 9.17. The fraction of sp³-hybridized carbons (Fsp3) is 0.133. The Morgan fingerprint density at radius 2 is 2.20 bits per heavy atom. The molecule has 1 N–H and O–H groups in total. The summed E-state index contributed by atoms with van der Waals surface area (Å²) in [4.78, 5) is 7.28. The van der Waals surface area contributed by atoms with Crippen molar-refractivity contribution in [3.8, 4) is 6.07 Å². The molecule has 0 bridgehead atoms. The molecule has 0 saturated carbocycles. The van der Waals surface area contributed by atoms with Crippen LogP contribution in [0.3, 0.4) is 0 Å². The highest BCUT2D eigenvalue weighted by molar-refractivity contribution is 7.71. The van der Waals surface area contributed by atoms with Gasteiger partial charge < -0.3 is 9.55 Å². The lowest BCUT2D eigenvalue weighted by Gasteiger charge is -2.14. The summed E-state index contributed by atoms with van der Waals surface area (Å²) in [6, 6.07) is 11.8. The second-order valence-corrected chi connectivity index (χ2v) is 4.96. The van der Waals surface area contributed by atoms with Crippen molar-refractivity contribution >= 4 is 23.3 Å². The summed E-state index contributed by atoms with van der Waals surface area (Å²) in [6.45, 7) is 2.07. The van der Waals surface area contributed by atoms with Crippen LogP contribution < -0.4 is 0 Å². The lowest BCUT2D eigenvalue weighted by atomic mass is 10.1. The van der Waals surface area contributed by atoms with E-state index in [0.717, 1.165) is 16.6 Å². The number of H-pyrrole nitrogens is 1. The number of benzene rings is 1. The quantitative estimate of drug-likeness (QED) is 0.730. The molecule has 2 aromatic heterocycles. The number of nitrogens with one attached hydrogen (secondary N) is 1. The van der Waals surface area contributed by atoms with Crippen LogP contribution in [0.4, 0.5) is 0 Å². The molecule has 20 heavy (non-hydrogen) atoms. The number of para-hydroxylation sites is 1. The van der Waals surface area contributed by atoms with Crippen LogP contribution in [0.5, 0.6) is 0 Å². The monoisotopic (exact) mass is 280 g/mol. The van der Waals surface area contributed by atoms with Gasteiger partial charge in [0.2, 0.25) is 0 Å². The maximum Gasteiger partial charge on any atom is 0.178 e. The smallest absolute Gasteiger partial charge is 0.178 e. The highest BCUT2D eigenvalue weighted by Gasteiger charge is 2.14. The highest BCUT2D eigenvalue weighted by Crippen LogP contribution is 2.25. The third-order valence-electron chi connectivity index (χ3n) is 3.43. The van der Waals surface area contributed by atoms with Crippen LogP contribution in [0.2, 0.25) is 0 Å². The summed E-state index contributed by atoms with van der Waals surface area (Å²) in [5.74, 6) is 0. The molecule has 0 aliphatic carbocycles. The van der Waals surface area contributed by atoms with Crippen LogP contribution in [0.25, 0.3) is 11.0 Å². The van der Waals surface area contributed by atoms with Gasteiger partial charge in [0.25, 0.3) is 0 Å². The van der Waals surface area contributed by atoms with Crippen molar-refractivity contribution in [1.29, 1.82) is 5.26 Å². The predicted molar refractivity (Wildman–Crippen MR) is 79.9 cm³/mol. The minimum absolute atomic E-state index is 0.0545. The lowest BCUT2D eigenvalue weighted by Crippen LogP contribution is -2.06. The minimum atomic E-state index is 0.0545. The van der Waals surface area contributed by atoms with Crippen LogP contribution in [0.1, 0.15) is 24.1 Å². The summed E-state index contributed by atoms with van der Waals surface area (Å²) in [5.41, 5.74) is 3.40. The van der Waals surface area contributed by atoms with Gasteiger partial charge in [-0.15, -0.1) is 0 Å². The standard InChI is InChI=1S/C15H12N4S/c1-10(12-5-3-7-17-9-12)19-13-6-2-4-11(8-16)14(13)18-15(19)20/h2-7,9-10H,1H3,(H,18,20). The zero-order valence-electron chi connectivity index (χ0n) is 10.9. The number of pyridine rings is 1. The molecule has 5 heteroatoms. The third kappa shape index (κ3) is 1.91. The van der Waals surface area contributed by atoms with Crippen molar-refractivity contribution in [2.75, 3.05) is 0 Å². The Bertz CT molecular complexity index is 855. The van der Waals surface area contributed by atoms with E-state index in [0.29, 0.717) is 10.3 Å². The van der Waals surface area contributed by atoms with Gasteiger partial charge in [0.05, 0.1) is 22.6 Å². The van der Waals surface area contributed by atoms with Crippen molar-refractivity contribution in [2.45, 2.75) is 13.0 Å². The fourth-order valence-electron chi connectivity index (χ4n) is 2.40. The molecular formula is C15H12N4S. The molecule has 0 aliphatic rings. The lowest BCUT2D eigenvalue weighted by molar-refractivity contribution is 0.646. The second-order valence-electron chi connectivity index (χ2n) is 4.57. The van der Waals surface area contributed by atoms with E-state index in [1.807, 2.05) is 35.0 Å². The molecule has 0 amide bonds. The molecule has 98 valence electrons. The van der Waals surface area contributed by atoms with Gasteiger partial charge in [-0.3, -0.25) is 4.98 Å². The zero-order chi connectivity index (χ0) is 14.1. The van der Waals surface area contributed by atoms with E-state index >= 15 is 0 Å². The molecule has 0 fully saturated rings. The van der Waals surface area contributed by atoms with E-state index in [-0.39, 0.29) is 6.04 Å². The fourth-order valence-corrected chi connectivity index (χ4v) is 2.76. The van der Waals surface area contributed by atoms with Gasteiger partial charge in [-0.05, 0) is 42.9 Å². The molecule has 1 atom stereocenters. The Morgan fingerprint density at radius 3 is 2.90 bits per heavy atom. The molecule has 0 saturated heterocycles. The number of nitrogens with zero attached hydrogens (tertiary/aromatic N) is 3. The molecular weight excluding hydrogens is 268 g/mol. The van der Waals surface area contributed by atoms with Gasteiger partial charge in [0.1, 0.15) is 6.07 Å². The summed E-state index contributed by atoms with van der Waals surface area (Å²) >= 11 is 5.41. The van der Waals surface area contributed by atoms with E-state index in [2.05, 4.69) is 23.0 Å². The number of nitriles is 1. The van der Waals surface area contributed by atoms with Crippen molar-refractivity contribution in [2.24, 2.45) is 0 Å². The van der Waals surface area contributed by atoms with Crippen LogP contribution in [-0.4, -0.2) is 14.5 Å². The Morgan fingerprint density at radius 1 is 1.35 bits per heavy atom. The third-order valence-corrected chi connectivity index (χ3v) is 3.73. The molecule has 1 unspecified atom stereocenters. The molecule has 3 aromatic rings. The number of fused-ring (bicyclic) bond motifs is 1. The van der Waals surface area contributed by atoms with E-state index in [1.54, 1.807) is 12.3 Å². The van der Waals surface area contributed by atoms with Crippen LogP contribution in [0, 0.1) is 16.1 Å². The van der Waals surface area contributed by atoms with E-state index in [9.17, 15) is 0 Å². The molecule has 0 aliphatic heterocycles. The first-order chi connectivity index (χ1) is 9.72. The van der Waals surface area contributed by atoms with Crippen molar-refractivity contribution in [3.63, 3.8) is 0 Å². The normalized spacial score (nSPS) is 12.2. The van der Waals surface area contributed by atoms with Crippen LogP contribution in [-0.2, 0) is 0 Å². The zero-order valence-corrected chi connectivity index (χ0v) is 11.7. The van der Waals surface area contributed by atoms with Crippen LogP contribution >= 0.6 is 12.2 Å². The molecule has 0 radical (unpaired) electrons. The van der Waals surface area contributed by atoms with Crippen molar-refractivity contribution in [1.82, 2.24) is 14.5 Å². The Hall–Kier alpha value is -2.45. The summed E-state index contributed by atoms with van der Waals surface area (Å²) in [6.07, 6.45) is 3.58. The molecule has 3 rings (SSSR count). The van der Waals surface area contributed by atoms with E-state index < -0.39 is 0 Å². The van der Waals surface area contributed by atoms with Crippen LogP contribution in [0.15, 0.2) is 42.7 Å². The summed E-state index contributed by atoms with van der Waals surface area (Å²) < 4.78 is 2.63. The van der Waals surface area contributed by atoms with Gasteiger partial charge in [-0.1, -0.05) is 12.1 Å². The van der Waals surface area contributed by atoms with Gasteiger partial charge in [-0.25, -0.2) is 0 Å². The SMILES string of the molecule is CC(c1cccnc1)n1c(=S)[nH]c2c(C#N)cccc21. The average molecular weight is 280 g/mol. The number of hydrogen-bond donors (Lipinski definition) is 1. The first-order valence-electron chi connectivity index (χ1n) is 6.25. The predicted octanol–water partition coefficient (Wildman–Crippen LogP) is 3.57. The number of imidazole rings is 1. The van der Waals surface area contributed by atoms with Crippen molar-refractivity contribution in [3.05, 3.63) is 58.6 Å². The molecule has 2 heterocycles. The van der Waals surface area contributed by atoms with Gasteiger partial charge in [0, 0.05) is 12.4 Å². The first-order valence-corrected chi connectivity index (χ1v) is 6.66. The first kappa shape index (κ1) is 12.6. The van der Waals surface area contributed by atoms with Gasteiger partial charge >= 0.3 is 0 Å². The van der Waals surface area contributed by atoms with Crippen molar-refractivity contribution < 1.29 is 0 Å². The van der Waals surface area contributed by atoms with Gasteiger partial charge in [0.15, 0.2) is 4.77 Å². The van der Waals surface area contributed by atoms with Gasteiger partial charge in [-0.2, -0.15) is 5.26 Å². The second kappa shape index (κ2) is 4.91. The molecule has 0 spiro atoms. The largest absolute Gasteiger partial charge is 0.329 e. The van der Waals surface area contributed by atoms with E-state index in [4.69, 9.17) is 17.5 Å². The molecule has 4 nitrogen and oxygen atoms in total. The number of aromatic amines is 1. The minimum Gasteiger partial charge on any atom is -0.329 e. The van der Waals surface area contributed by atoms with E-state index in [1.165, 1.54) is 0 Å². The maximum atomic E-state index is 9.17. The number of hydrogen-bond acceptors (Lipinski definition) is 3. The highest BCUT2D eigenvalue weighted by atomic mass is 32.1. The Kier molecular flexibility index (Phi) is 3.09. The summed E-state index contributed by atoms with van der Waals surface area (Å²) in [7, 11) is 0. The number of rotatable bonds is 2. The molecule has 1 aromatic carbocycles. The summed E-state index contributed by atoms with van der Waals surface area (Å²) in [5, 5.41) is 9.17. The Labute approximate surface area is 121 Å². The number of aromatic nitrogens is 3. The topological polar surface area (TPSA) is 57.4 Å².